The number of hydrogen-bond acceptors (Lipinski definition) is 6. The second-order valence-corrected chi connectivity index (χ2v) is 9.67. The van der Waals surface area contributed by atoms with E-state index in [0.717, 1.165) is 69.6 Å². The third-order valence-electron chi connectivity index (χ3n) is 7.41. The van der Waals surface area contributed by atoms with Gasteiger partial charge in [0.2, 0.25) is 17.7 Å². The minimum absolute atomic E-state index is 0.0881. The molecule has 2 atom stereocenters. The highest BCUT2D eigenvalue weighted by molar-refractivity contribution is 6.05. The summed E-state index contributed by atoms with van der Waals surface area (Å²) in [6.45, 7) is 3.65. The van der Waals surface area contributed by atoms with Gasteiger partial charge in [0.05, 0.1) is 11.8 Å². The topological polar surface area (TPSA) is 88.2 Å². The van der Waals surface area contributed by atoms with Crippen LogP contribution in [0, 0.1) is 11.8 Å². The number of amides is 3. The number of nitrogens with zero attached hydrogens (tertiary/aromatic N) is 2. The first-order chi connectivity index (χ1) is 16.5. The summed E-state index contributed by atoms with van der Waals surface area (Å²) in [7, 11) is 2.13. The molecule has 2 saturated heterocycles. The van der Waals surface area contributed by atoms with E-state index in [-0.39, 0.29) is 42.5 Å². The lowest BCUT2D eigenvalue weighted by Gasteiger charge is -2.31. The first-order valence-electron chi connectivity index (χ1n) is 12.6. The normalized spacial score (nSPS) is 23.3. The zero-order chi connectivity index (χ0) is 23.9. The van der Waals surface area contributed by atoms with Crippen LogP contribution in [0.2, 0.25) is 0 Å². The van der Waals surface area contributed by atoms with Gasteiger partial charge in [0, 0.05) is 45.3 Å². The first-order valence-corrected chi connectivity index (χ1v) is 12.6. The van der Waals surface area contributed by atoms with Crippen molar-refractivity contribution in [2.75, 3.05) is 40.0 Å². The summed E-state index contributed by atoms with van der Waals surface area (Å²) in [6, 6.07) is 8.27. The number of nitrogens with one attached hydrogen (secondary N) is 1. The van der Waals surface area contributed by atoms with Crippen LogP contribution < -0.4 is 10.1 Å². The molecule has 186 valence electrons. The number of likely N-dealkylation sites (N-methyl/N-ethyl adjacent to an activating group) is 1. The molecule has 3 amide bonds. The molecule has 1 aliphatic carbocycles. The number of benzene rings is 1. The van der Waals surface area contributed by atoms with E-state index >= 15 is 0 Å². The molecule has 2 heterocycles. The minimum Gasteiger partial charge on any atom is -0.492 e. The van der Waals surface area contributed by atoms with Gasteiger partial charge in [-0.25, -0.2) is 0 Å². The van der Waals surface area contributed by atoms with Gasteiger partial charge in [-0.2, -0.15) is 0 Å². The molecule has 0 spiro atoms. The molecule has 1 aromatic carbocycles. The molecule has 34 heavy (non-hydrogen) atoms. The van der Waals surface area contributed by atoms with E-state index in [4.69, 9.17) is 9.47 Å². The van der Waals surface area contributed by atoms with Crippen LogP contribution in [0.5, 0.6) is 5.75 Å². The first kappa shape index (κ1) is 24.7. The van der Waals surface area contributed by atoms with Crippen molar-refractivity contribution in [2.45, 2.75) is 57.5 Å². The van der Waals surface area contributed by atoms with E-state index in [1.165, 1.54) is 4.90 Å². The van der Waals surface area contributed by atoms with Crippen molar-refractivity contribution in [3.63, 3.8) is 0 Å². The van der Waals surface area contributed by atoms with Crippen molar-refractivity contribution >= 4 is 17.7 Å². The summed E-state index contributed by atoms with van der Waals surface area (Å²) in [5.74, 6) is 0.111. The maximum absolute atomic E-state index is 12.5. The average molecular weight is 472 g/mol. The standard InChI is InChI=1S/C26H37N3O5/c1-28(20-10-14-33-15-11-20)13-16-34-21-6-4-5-19(17-21)18-27-24(30)9-12-29-25(31)22-7-2-3-8-23(22)26(29)32/h4-6,17,20,22-23H,2-3,7-16,18H2,1H3,(H,27,30). The van der Waals surface area contributed by atoms with E-state index < -0.39 is 0 Å². The van der Waals surface area contributed by atoms with Gasteiger partial charge in [0.25, 0.3) is 0 Å². The third kappa shape index (κ3) is 6.16. The number of imide groups is 1. The van der Waals surface area contributed by atoms with Crippen molar-refractivity contribution in [1.29, 1.82) is 0 Å². The van der Waals surface area contributed by atoms with Gasteiger partial charge in [0.15, 0.2) is 0 Å². The lowest BCUT2D eigenvalue weighted by atomic mass is 9.81. The number of fused-ring (bicyclic) bond motifs is 1. The molecule has 1 N–H and O–H groups in total. The zero-order valence-corrected chi connectivity index (χ0v) is 20.2. The van der Waals surface area contributed by atoms with E-state index in [1.807, 2.05) is 24.3 Å². The van der Waals surface area contributed by atoms with Crippen molar-refractivity contribution < 1.29 is 23.9 Å². The molecule has 1 aromatic rings. The fraction of sp³-hybridized carbons (Fsp3) is 0.654. The van der Waals surface area contributed by atoms with E-state index in [9.17, 15) is 14.4 Å². The van der Waals surface area contributed by atoms with Crippen molar-refractivity contribution in [3.05, 3.63) is 29.8 Å². The van der Waals surface area contributed by atoms with Crippen LogP contribution in [0.1, 0.15) is 50.5 Å². The van der Waals surface area contributed by atoms with Gasteiger partial charge in [-0.15, -0.1) is 0 Å². The van der Waals surface area contributed by atoms with E-state index in [2.05, 4.69) is 17.3 Å². The summed E-state index contributed by atoms with van der Waals surface area (Å²) in [4.78, 5) is 41.1. The number of carbonyl (C=O) groups is 3. The monoisotopic (exact) mass is 471 g/mol. The Morgan fingerprint density at radius 1 is 1.12 bits per heavy atom. The van der Waals surface area contributed by atoms with Gasteiger partial charge in [0.1, 0.15) is 12.4 Å². The molecule has 0 bridgehead atoms. The fourth-order valence-electron chi connectivity index (χ4n) is 5.31. The van der Waals surface area contributed by atoms with Gasteiger partial charge in [-0.3, -0.25) is 24.2 Å². The van der Waals surface area contributed by atoms with Crippen molar-refractivity contribution in [2.24, 2.45) is 11.8 Å². The number of ether oxygens (including phenoxy) is 2. The van der Waals surface area contributed by atoms with Gasteiger partial charge in [-0.1, -0.05) is 25.0 Å². The summed E-state index contributed by atoms with van der Waals surface area (Å²) in [5.41, 5.74) is 0.947. The van der Waals surface area contributed by atoms with Crippen LogP contribution in [0.25, 0.3) is 0 Å². The Morgan fingerprint density at radius 2 is 1.82 bits per heavy atom. The van der Waals surface area contributed by atoms with Gasteiger partial charge < -0.3 is 14.8 Å². The summed E-state index contributed by atoms with van der Waals surface area (Å²) in [5, 5.41) is 2.90. The molecule has 2 aliphatic heterocycles. The summed E-state index contributed by atoms with van der Waals surface area (Å²) in [6.07, 6.45) is 5.85. The highest BCUT2D eigenvalue weighted by Crippen LogP contribution is 2.37. The largest absolute Gasteiger partial charge is 0.492 e. The third-order valence-corrected chi connectivity index (χ3v) is 7.41. The van der Waals surface area contributed by atoms with E-state index in [0.29, 0.717) is 19.2 Å². The molecular weight excluding hydrogens is 434 g/mol. The SMILES string of the molecule is CN(CCOc1cccc(CNC(=O)CCN2C(=O)C3CCCCC3C2=O)c1)C1CCOCC1. The van der Waals surface area contributed by atoms with Crippen LogP contribution >= 0.6 is 0 Å². The average Bonchev–Trinajstić information content (AvgIpc) is 3.11. The molecule has 1 saturated carbocycles. The van der Waals surface area contributed by atoms with Gasteiger partial charge in [-0.05, 0) is 50.4 Å². The molecule has 4 rings (SSSR count). The maximum atomic E-state index is 12.5. The van der Waals surface area contributed by atoms with Crippen LogP contribution in [0.15, 0.2) is 24.3 Å². The smallest absolute Gasteiger partial charge is 0.233 e. The van der Waals surface area contributed by atoms with Crippen LogP contribution in [-0.2, 0) is 25.7 Å². The molecule has 3 aliphatic rings. The Bertz CT molecular complexity index is 846. The Balaban J connectivity index is 1.17. The lowest BCUT2D eigenvalue weighted by molar-refractivity contribution is -0.140. The van der Waals surface area contributed by atoms with Crippen LogP contribution in [0.3, 0.4) is 0 Å². The number of likely N-dealkylation sites (tertiary alicyclic amines) is 1. The molecule has 8 heteroatoms. The van der Waals surface area contributed by atoms with Crippen molar-refractivity contribution in [1.82, 2.24) is 15.1 Å². The van der Waals surface area contributed by atoms with Crippen molar-refractivity contribution in [3.8, 4) is 5.75 Å². The van der Waals surface area contributed by atoms with Gasteiger partial charge >= 0.3 is 0 Å². The molecule has 0 aromatic heterocycles. The Labute approximate surface area is 201 Å². The maximum Gasteiger partial charge on any atom is 0.233 e. The van der Waals surface area contributed by atoms with E-state index in [1.54, 1.807) is 0 Å². The number of carbonyl (C=O) groups excluding carboxylic acids is 3. The molecule has 0 radical (unpaired) electrons. The fourth-order valence-corrected chi connectivity index (χ4v) is 5.31. The summed E-state index contributed by atoms with van der Waals surface area (Å²) < 4.78 is 11.4. The number of hydrogen-bond donors (Lipinski definition) is 1. The second-order valence-electron chi connectivity index (χ2n) is 9.67. The predicted octanol–water partition coefficient (Wildman–Crippen LogP) is 2.36. The van der Waals surface area contributed by atoms with Crippen LogP contribution in [-0.4, -0.2) is 73.5 Å². The quantitative estimate of drug-likeness (QED) is 0.527. The minimum atomic E-state index is -0.167. The highest BCUT2D eigenvalue weighted by atomic mass is 16.5. The molecular formula is C26H37N3O5. The Kier molecular flexibility index (Phi) is 8.56. The molecule has 3 fully saturated rings. The van der Waals surface area contributed by atoms with Crippen LogP contribution in [0.4, 0.5) is 0 Å². The lowest BCUT2D eigenvalue weighted by Crippen LogP contribution is -2.38. The predicted molar refractivity (Wildman–Crippen MR) is 127 cm³/mol. The zero-order valence-electron chi connectivity index (χ0n) is 20.2. The molecule has 2 unspecified atom stereocenters. The second kappa shape index (κ2) is 11.8. The highest BCUT2D eigenvalue weighted by Gasteiger charge is 2.47. The Morgan fingerprint density at radius 3 is 2.53 bits per heavy atom. The Hall–Kier alpha value is -2.45. The number of rotatable bonds is 10. The molecule has 8 nitrogen and oxygen atoms in total. The summed E-state index contributed by atoms with van der Waals surface area (Å²) >= 11 is 0.